The lowest BCUT2D eigenvalue weighted by atomic mass is 10.0. The third-order valence-corrected chi connectivity index (χ3v) is 4.76. The first-order valence-electron chi connectivity index (χ1n) is 8.37. The van der Waals surface area contributed by atoms with Crippen molar-refractivity contribution in [3.8, 4) is 6.19 Å². The van der Waals surface area contributed by atoms with Crippen molar-refractivity contribution in [2.45, 2.75) is 32.7 Å². The summed E-state index contributed by atoms with van der Waals surface area (Å²) in [7, 11) is 0. The molecule has 0 amide bonds. The molecule has 0 N–H and O–H groups in total. The number of hydrogen-bond donors (Lipinski definition) is 0. The standard InChI is InChI=1S/C19H22N4O/c1-14-10-18(19(24)11-16-8-9-22(12-16)13-20)21-23(14)15(2)17-6-4-3-5-7-17/h3-7,10,15-16H,8-9,11-12H2,1-2H3/t15?,16-/m0/s1. The summed E-state index contributed by atoms with van der Waals surface area (Å²) in [4.78, 5) is 14.3. The molecular formula is C19H22N4O. The van der Waals surface area contributed by atoms with Crippen molar-refractivity contribution in [1.29, 1.82) is 5.26 Å². The van der Waals surface area contributed by atoms with Crippen LogP contribution in [0.3, 0.4) is 0 Å². The molecule has 1 aliphatic heterocycles. The normalized spacial score (nSPS) is 18.4. The number of nitrogens with zero attached hydrogens (tertiary/aromatic N) is 4. The quantitative estimate of drug-likeness (QED) is 0.626. The van der Waals surface area contributed by atoms with E-state index in [1.165, 1.54) is 5.56 Å². The Labute approximate surface area is 142 Å². The molecule has 24 heavy (non-hydrogen) atoms. The third kappa shape index (κ3) is 3.33. The first kappa shape index (κ1) is 16.3. The number of benzene rings is 1. The molecule has 0 saturated carbocycles. The van der Waals surface area contributed by atoms with Crippen LogP contribution in [0.5, 0.6) is 0 Å². The summed E-state index contributed by atoms with van der Waals surface area (Å²) in [5.41, 5.74) is 2.69. The molecule has 2 heterocycles. The van der Waals surface area contributed by atoms with E-state index < -0.39 is 0 Å². The fourth-order valence-electron chi connectivity index (χ4n) is 3.35. The minimum atomic E-state index is 0.0712. The molecule has 1 aromatic heterocycles. The van der Waals surface area contributed by atoms with Gasteiger partial charge in [0.1, 0.15) is 5.69 Å². The predicted molar refractivity (Wildman–Crippen MR) is 91.5 cm³/mol. The number of carbonyl (C=O) groups is 1. The molecule has 1 aliphatic rings. The summed E-state index contributed by atoms with van der Waals surface area (Å²) in [5, 5.41) is 13.5. The highest BCUT2D eigenvalue weighted by atomic mass is 16.1. The van der Waals surface area contributed by atoms with Crippen LogP contribution < -0.4 is 0 Å². The Kier molecular flexibility index (Phi) is 4.66. The maximum Gasteiger partial charge on any atom is 0.183 e. The van der Waals surface area contributed by atoms with Crippen molar-refractivity contribution in [2.24, 2.45) is 5.92 Å². The van der Waals surface area contributed by atoms with Crippen LogP contribution in [0.2, 0.25) is 0 Å². The van der Waals surface area contributed by atoms with Crippen molar-refractivity contribution in [3.05, 3.63) is 53.3 Å². The monoisotopic (exact) mass is 322 g/mol. The van der Waals surface area contributed by atoms with Crippen molar-refractivity contribution < 1.29 is 4.79 Å². The van der Waals surface area contributed by atoms with Gasteiger partial charge in [-0.25, -0.2) is 0 Å². The van der Waals surface area contributed by atoms with Crippen LogP contribution in [0.15, 0.2) is 36.4 Å². The van der Waals surface area contributed by atoms with Gasteiger partial charge >= 0.3 is 0 Å². The molecule has 124 valence electrons. The minimum absolute atomic E-state index is 0.0712. The van der Waals surface area contributed by atoms with Crippen LogP contribution in [-0.4, -0.2) is 33.6 Å². The molecule has 5 heteroatoms. The fraction of sp³-hybridized carbons (Fsp3) is 0.421. The summed E-state index contributed by atoms with van der Waals surface area (Å²) in [6.45, 7) is 5.51. The average Bonchev–Trinajstić information content (AvgIpc) is 3.21. The van der Waals surface area contributed by atoms with E-state index in [0.29, 0.717) is 18.7 Å². The molecule has 3 rings (SSSR count). The van der Waals surface area contributed by atoms with Gasteiger partial charge in [0.25, 0.3) is 0 Å². The second-order valence-corrected chi connectivity index (χ2v) is 6.53. The topological polar surface area (TPSA) is 61.9 Å². The smallest absolute Gasteiger partial charge is 0.183 e. The zero-order valence-corrected chi connectivity index (χ0v) is 14.1. The van der Waals surface area contributed by atoms with Gasteiger partial charge in [-0.1, -0.05) is 30.3 Å². The number of aryl methyl sites for hydroxylation is 1. The highest BCUT2D eigenvalue weighted by molar-refractivity contribution is 5.94. The molecule has 1 unspecified atom stereocenters. The highest BCUT2D eigenvalue weighted by Crippen LogP contribution is 2.23. The Morgan fingerprint density at radius 1 is 1.42 bits per heavy atom. The van der Waals surface area contributed by atoms with E-state index in [9.17, 15) is 4.79 Å². The van der Waals surface area contributed by atoms with Gasteiger partial charge in [0.2, 0.25) is 0 Å². The first-order valence-corrected chi connectivity index (χ1v) is 8.37. The number of aromatic nitrogens is 2. The maximum absolute atomic E-state index is 12.5. The van der Waals surface area contributed by atoms with Crippen LogP contribution in [0.1, 0.15) is 47.6 Å². The Morgan fingerprint density at radius 2 is 2.17 bits per heavy atom. The molecule has 1 aromatic carbocycles. The van der Waals surface area contributed by atoms with Gasteiger partial charge < -0.3 is 4.90 Å². The van der Waals surface area contributed by atoms with Crippen LogP contribution in [0, 0.1) is 24.3 Å². The predicted octanol–water partition coefficient (Wildman–Crippen LogP) is 3.18. The second-order valence-electron chi connectivity index (χ2n) is 6.53. The summed E-state index contributed by atoms with van der Waals surface area (Å²) in [5.74, 6) is 0.330. The largest absolute Gasteiger partial charge is 0.310 e. The number of likely N-dealkylation sites (tertiary alicyclic amines) is 1. The van der Waals surface area contributed by atoms with Crippen molar-refractivity contribution in [2.75, 3.05) is 13.1 Å². The SMILES string of the molecule is Cc1cc(C(=O)C[C@@H]2CCN(C#N)C2)nn1C(C)c1ccccc1. The summed E-state index contributed by atoms with van der Waals surface area (Å²) >= 11 is 0. The zero-order chi connectivity index (χ0) is 17.1. The molecule has 0 spiro atoms. The van der Waals surface area contributed by atoms with E-state index in [1.54, 1.807) is 4.90 Å². The molecule has 0 radical (unpaired) electrons. The zero-order valence-electron chi connectivity index (χ0n) is 14.1. The third-order valence-electron chi connectivity index (χ3n) is 4.76. The fourth-order valence-corrected chi connectivity index (χ4v) is 3.35. The Bertz CT molecular complexity index is 759. The lowest BCUT2D eigenvalue weighted by Crippen LogP contribution is -2.16. The van der Waals surface area contributed by atoms with Crippen LogP contribution >= 0.6 is 0 Å². The van der Waals surface area contributed by atoms with Crippen LogP contribution in [0.4, 0.5) is 0 Å². The molecule has 2 atom stereocenters. The van der Waals surface area contributed by atoms with Gasteiger partial charge in [-0.3, -0.25) is 9.48 Å². The molecule has 0 aliphatic carbocycles. The number of Topliss-reactive ketones (excluding diaryl/α,β-unsaturated/α-hetero) is 1. The van der Waals surface area contributed by atoms with Gasteiger partial charge in [0, 0.05) is 25.2 Å². The number of rotatable bonds is 5. The van der Waals surface area contributed by atoms with Crippen molar-refractivity contribution >= 4 is 5.78 Å². The average molecular weight is 322 g/mol. The van der Waals surface area contributed by atoms with E-state index in [4.69, 9.17) is 5.26 Å². The summed E-state index contributed by atoms with van der Waals surface area (Å²) in [6, 6.07) is 12.1. The molecule has 1 fully saturated rings. The van der Waals surface area contributed by atoms with E-state index in [0.717, 1.165) is 18.7 Å². The van der Waals surface area contributed by atoms with E-state index in [1.807, 2.05) is 35.9 Å². The summed E-state index contributed by atoms with van der Waals surface area (Å²) < 4.78 is 1.92. The maximum atomic E-state index is 12.5. The molecule has 1 saturated heterocycles. The van der Waals surface area contributed by atoms with Gasteiger partial charge in [-0.2, -0.15) is 10.4 Å². The van der Waals surface area contributed by atoms with Crippen LogP contribution in [-0.2, 0) is 0 Å². The van der Waals surface area contributed by atoms with E-state index >= 15 is 0 Å². The van der Waals surface area contributed by atoms with Gasteiger partial charge in [-0.05, 0) is 37.8 Å². The van der Waals surface area contributed by atoms with Gasteiger partial charge in [0.05, 0.1) is 6.04 Å². The molecular weight excluding hydrogens is 300 g/mol. The lowest BCUT2D eigenvalue weighted by Gasteiger charge is -2.14. The number of hydrogen-bond acceptors (Lipinski definition) is 4. The first-order chi connectivity index (χ1) is 11.6. The van der Waals surface area contributed by atoms with E-state index in [2.05, 4.69) is 30.3 Å². The minimum Gasteiger partial charge on any atom is -0.310 e. The lowest BCUT2D eigenvalue weighted by molar-refractivity contribution is 0.0957. The van der Waals surface area contributed by atoms with Crippen molar-refractivity contribution in [3.63, 3.8) is 0 Å². The van der Waals surface area contributed by atoms with Gasteiger partial charge in [-0.15, -0.1) is 0 Å². The number of ketones is 1. The molecule has 2 aromatic rings. The molecule has 5 nitrogen and oxygen atoms in total. The molecule has 0 bridgehead atoms. The second kappa shape index (κ2) is 6.88. The van der Waals surface area contributed by atoms with Crippen LogP contribution in [0.25, 0.3) is 0 Å². The van der Waals surface area contributed by atoms with Gasteiger partial charge in [0.15, 0.2) is 12.0 Å². The number of nitriles is 1. The number of carbonyl (C=O) groups excluding carboxylic acids is 1. The van der Waals surface area contributed by atoms with Crippen molar-refractivity contribution in [1.82, 2.24) is 14.7 Å². The Morgan fingerprint density at radius 3 is 2.83 bits per heavy atom. The van der Waals surface area contributed by atoms with E-state index in [-0.39, 0.29) is 17.7 Å². The highest BCUT2D eigenvalue weighted by Gasteiger charge is 2.25. The Hall–Kier alpha value is -2.61. The Balaban J connectivity index is 1.72. The summed E-state index contributed by atoms with van der Waals surface area (Å²) in [6.07, 6.45) is 3.52.